The Balaban J connectivity index is 1.75. The van der Waals surface area contributed by atoms with Crippen molar-refractivity contribution in [3.05, 3.63) is 24.2 Å². The first-order valence-corrected chi connectivity index (χ1v) is 5.38. The molecule has 0 bridgehead atoms. The molecule has 16 heavy (non-hydrogen) atoms. The molecular weight excluding hydrogens is 208 g/mol. The summed E-state index contributed by atoms with van der Waals surface area (Å²) in [5.41, 5.74) is 0. The lowest BCUT2D eigenvalue weighted by molar-refractivity contribution is -0.125. The number of furan rings is 1. The van der Waals surface area contributed by atoms with Gasteiger partial charge in [0.1, 0.15) is 5.76 Å². The van der Waals surface area contributed by atoms with Gasteiger partial charge in [-0.1, -0.05) is 0 Å². The van der Waals surface area contributed by atoms with Crippen molar-refractivity contribution in [2.75, 3.05) is 19.6 Å². The van der Waals surface area contributed by atoms with Gasteiger partial charge in [0.05, 0.1) is 25.0 Å². The van der Waals surface area contributed by atoms with Gasteiger partial charge in [0.25, 0.3) is 0 Å². The number of hydrogen-bond acceptors (Lipinski definition) is 4. The van der Waals surface area contributed by atoms with Crippen LogP contribution in [0.15, 0.2) is 22.8 Å². The van der Waals surface area contributed by atoms with E-state index in [2.05, 4.69) is 5.32 Å². The largest absolute Gasteiger partial charge is 0.467 e. The smallest absolute Gasteiger partial charge is 0.234 e. The summed E-state index contributed by atoms with van der Waals surface area (Å²) in [6.07, 6.45) is 1.32. The third-order valence-electron chi connectivity index (χ3n) is 2.65. The number of carbonyl (C=O) groups is 1. The van der Waals surface area contributed by atoms with Gasteiger partial charge in [0.2, 0.25) is 5.91 Å². The molecule has 0 aliphatic carbocycles. The molecule has 0 saturated carbocycles. The molecule has 0 aromatic carbocycles. The van der Waals surface area contributed by atoms with Crippen LogP contribution in [-0.4, -0.2) is 41.7 Å². The Bertz CT molecular complexity index is 344. The molecular formula is C11H16N2O3. The zero-order chi connectivity index (χ0) is 11.5. The van der Waals surface area contributed by atoms with E-state index in [9.17, 15) is 4.79 Å². The van der Waals surface area contributed by atoms with Crippen molar-refractivity contribution < 1.29 is 14.3 Å². The fourth-order valence-electron chi connectivity index (χ4n) is 1.77. The number of amides is 1. The van der Waals surface area contributed by atoms with E-state index in [0.717, 1.165) is 5.76 Å². The average molecular weight is 224 g/mol. The highest BCUT2D eigenvalue weighted by molar-refractivity contribution is 5.78. The van der Waals surface area contributed by atoms with Gasteiger partial charge < -0.3 is 14.8 Å². The van der Waals surface area contributed by atoms with Gasteiger partial charge in [-0.05, 0) is 19.1 Å². The van der Waals surface area contributed by atoms with Crippen molar-refractivity contribution in [1.29, 1.82) is 0 Å². The Morgan fingerprint density at radius 3 is 3.06 bits per heavy atom. The van der Waals surface area contributed by atoms with Crippen molar-refractivity contribution in [3.8, 4) is 0 Å². The van der Waals surface area contributed by atoms with Gasteiger partial charge in [-0.15, -0.1) is 0 Å². The number of aliphatic hydroxyl groups is 1. The standard InChI is InChI=1S/C11H16N2O3/c1-8(10-3-2-4-16-10)12-11(15)7-13-5-9(14)6-13/h2-4,8-9,14H,5-7H2,1H3,(H,12,15). The number of rotatable bonds is 4. The molecule has 5 heteroatoms. The minimum atomic E-state index is -0.268. The monoisotopic (exact) mass is 224 g/mol. The number of hydrogen-bond donors (Lipinski definition) is 2. The SMILES string of the molecule is CC(NC(=O)CN1CC(O)C1)c1ccco1. The summed E-state index contributed by atoms with van der Waals surface area (Å²) in [6.45, 7) is 3.38. The van der Waals surface area contributed by atoms with Crippen LogP contribution in [0.5, 0.6) is 0 Å². The van der Waals surface area contributed by atoms with Crippen LogP contribution in [0.3, 0.4) is 0 Å². The minimum absolute atomic E-state index is 0.0456. The van der Waals surface area contributed by atoms with E-state index >= 15 is 0 Å². The van der Waals surface area contributed by atoms with Gasteiger partial charge in [-0.2, -0.15) is 0 Å². The molecule has 0 spiro atoms. The molecule has 1 amide bonds. The summed E-state index contributed by atoms with van der Waals surface area (Å²) >= 11 is 0. The predicted molar refractivity (Wildman–Crippen MR) is 57.7 cm³/mol. The molecule has 88 valence electrons. The Labute approximate surface area is 94.0 Å². The third-order valence-corrected chi connectivity index (χ3v) is 2.65. The van der Waals surface area contributed by atoms with E-state index in [1.54, 1.807) is 12.3 Å². The van der Waals surface area contributed by atoms with Crippen LogP contribution >= 0.6 is 0 Å². The normalized spacial score (nSPS) is 19.1. The lowest BCUT2D eigenvalue weighted by Crippen LogP contribution is -2.54. The van der Waals surface area contributed by atoms with Crippen molar-refractivity contribution in [3.63, 3.8) is 0 Å². The number of β-amino-alcohol motifs (C(OH)–C–C–N with tert-alkyl or cyclic N) is 1. The number of nitrogens with one attached hydrogen (secondary N) is 1. The minimum Gasteiger partial charge on any atom is -0.467 e. The summed E-state index contributed by atoms with van der Waals surface area (Å²) in [6, 6.07) is 3.51. The first-order valence-electron chi connectivity index (χ1n) is 5.38. The summed E-state index contributed by atoms with van der Waals surface area (Å²) in [5, 5.41) is 11.9. The van der Waals surface area contributed by atoms with Crippen molar-refractivity contribution in [2.45, 2.75) is 19.1 Å². The third kappa shape index (κ3) is 2.62. The molecule has 2 heterocycles. The summed E-state index contributed by atoms with van der Waals surface area (Å²) < 4.78 is 5.19. The van der Waals surface area contributed by atoms with Crippen LogP contribution in [-0.2, 0) is 4.79 Å². The fourth-order valence-corrected chi connectivity index (χ4v) is 1.77. The molecule has 1 aliphatic rings. The fraction of sp³-hybridized carbons (Fsp3) is 0.545. The maximum absolute atomic E-state index is 11.6. The summed E-state index contributed by atoms with van der Waals surface area (Å²) in [7, 11) is 0. The van der Waals surface area contributed by atoms with E-state index in [4.69, 9.17) is 9.52 Å². The zero-order valence-electron chi connectivity index (χ0n) is 9.22. The molecule has 2 rings (SSSR count). The molecule has 5 nitrogen and oxygen atoms in total. The second kappa shape index (κ2) is 4.67. The first-order chi connectivity index (χ1) is 7.65. The van der Waals surface area contributed by atoms with Gasteiger partial charge in [-0.25, -0.2) is 0 Å². The lowest BCUT2D eigenvalue weighted by Gasteiger charge is -2.35. The Kier molecular flexibility index (Phi) is 3.26. The summed E-state index contributed by atoms with van der Waals surface area (Å²) in [5.74, 6) is 0.702. The molecule has 2 N–H and O–H groups in total. The van der Waals surface area contributed by atoms with Gasteiger partial charge in [-0.3, -0.25) is 9.69 Å². The van der Waals surface area contributed by atoms with E-state index in [1.165, 1.54) is 0 Å². The van der Waals surface area contributed by atoms with E-state index in [0.29, 0.717) is 19.6 Å². The number of carbonyl (C=O) groups excluding carboxylic acids is 1. The van der Waals surface area contributed by atoms with Crippen molar-refractivity contribution >= 4 is 5.91 Å². The van der Waals surface area contributed by atoms with Crippen LogP contribution in [0.1, 0.15) is 18.7 Å². The Hall–Kier alpha value is -1.33. The Morgan fingerprint density at radius 2 is 2.50 bits per heavy atom. The molecule has 0 radical (unpaired) electrons. The molecule has 1 saturated heterocycles. The van der Waals surface area contributed by atoms with Crippen LogP contribution in [0.4, 0.5) is 0 Å². The lowest BCUT2D eigenvalue weighted by atomic mass is 10.1. The topological polar surface area (TPSA) is 65.7 Å². The van der Waals surface area contributed by atoms with E-state index < -0.39 is 0 Å². The molecule has 1 aromatic rings. The highest BCUT2D eigenvalue weighted by Crippen LogP contribution is 2.12. The molecule has 1 atom stereocenters. The second-order valence-electron chi connectivity index (χ2n) is 4.15. The van der Waals surface area contributed by atoms with Crippen molar-refractivity contribution in [2.24, 2.45) is 0 Å². The zero-order valence-corrected chi connectivity index (χ0v) is 9.22. The Morgan fingerprint density at radius 1 is 1.75 bits per heavy atom. The molecule has 1 aromatic heterocycles. The van der Waals surface area contributed by atoms with Crippen molar-refractivity contribution in [1.82, 2.24) is 10.2 Å². The molecule has 1 fully saturated rings. The van der Waals surface area contributed by atoms with Crippen LogP contribution in [0.2, 0.25) is 0 Å². The maximum atomic E-state index is 11.6. The highest BCUT2D eigenvalue weighted by atomic mass is 16.3. The predicted octanol–water partition coefficient (Wildman–Crippen LogP) is 0.133. The highest BCUT2D eigenvalue weighted by Gasteiger charge is 2.26. The molecule has 1 unspecified atom stereocenters. The second-order valence-corrected chi connectivity index (χ2v) is 4.15. The number of nitrogens with zero attached hydrogens (tertiary/aromatic N) is 1. The molecule has 1 aliphatic heterocycles. The van der Waals surface area contributed by atoms with Gasteiger partial charge in [0.15, 0.2) is 0 Å². The van der Waals surface area contributed by atoms with Gasteiger partial charge >= 0.3 is 0 Å². The van der Waals surface area contributed by atoms with E-state index in [-0.39, 0.29) is 18.1 Å². The maximum Gasteiger partial charge on any atom is 0.234 e. The number of aliphatic hydroxyl groups excluding tert-OH is 1. The first kappa shape index (κ1) is 11.2. The van der Waals surface area contributed by atoms with E-state index in [1.807, 2.05) is 17.9 Å². The average Bonchev–Trinajstić information content (AvgIpc) is 2.67. The quantitative estimate of drug-likeness (QED) is 0.763. The van der Waals surface area contributed by atoms with Crippen LogP contribution in [0, 0.1) is 0 Å². The van der Waals surface area contributed by atoms with Crippen LogP contribution in [0.25, 0.3) is 0 Å². The summed E-state index contributed by atoms with van der Waals surface area (Å²) in [4.78, 5) is 13.5. The van der Waals surface area contributed by atoms with Crippen LogP contribution < -0.4 is 5.32 Å². The number of likely N-dealkylation sites (tertiary alicyclic amines) is 1. The van der Waals surface area contributed by atoms with Gasteiger partial charge in [0, 0.05) is 13.1 Å².